The first-order valence-electron chi connectivity index (χ1n) is 6.76. The van der Waals surface area contributed by atoms with E-state index in [-0.39, 0.29) is 24.0 Å². The molecule has 1 heterocycles. The van der Waals surface area contributed by atoms with Crippen LogP contribution in [0, 0.1) is 5.92 Å². The average Bonchev–Trinajstić information content (AvgIpc) is 2.76. The molecular weight excluding hydrogens is 216 g/mol. The number of ether oxygens (including phenoxy) is 1. The zero-order valence-corrected chi connectivity index (χ0v) is 11.3. The summed E-state index contributed by atoms with van der Waals surface area (Å²) in [7, 11) is 1.70. The van der Waals surface area contributed by atoms with Gasteiger partial charge < -0.3 is 15.4 Å². The molecule has 0 bridgehead atoms. The van der Waals surface area contributed by atoms with E-state index < -0.39 is 0 Å². The number of hydrogen-bond acceptors (Lipinski definition) is 3. The minimum absolute atomic E-state index is 0.114. The maximum absolute atomic E-state index is 12.1. The fourth-order valence-corrected chi connectivity index (χ4v) is 2.45. The van der Waals surface area contributed by atoms with Crippen LogP contribution in [0.1, 0.15) is 39.5 Å². The molecule has 0 radical (unpaired) electrons. The largest absolute Gasteiger partial charge is 0.378 e. The molecule has 4 nitrogen and oxygen atoms in total. The van der Waals surface area contributed by atoms with E-state index in [4.69, 9.17) is 4.74 Å². The predicted molar refractivity (Wildman–Crippen MR) is 68.9 cm³/mol. The molecule has 100 valence electrons. The molecule has 1 saturated heterocycles. The lowest BCUT2D eigenvalue weighted by Crippen LogP contribution is -2.46. The third kappa shape index (κ3) is 4.28. The Labute approximate surface area is 104 Å². The molecule has 0 aliphatic carbocycles. The number of amides is 1. The van der Waals surface area contributed by atoms with E-state index in [1.807, 2.05) is 0 Å². The highest BCUT2D eigenvalue weighted by Gasteiger charge is 2.29. The van der Waals surface area contributed by atoms with E-state index in [0.29, 0.717) is 0 Å². The second-order valence-electron chi connectivity index (χ2n) is 4.82. The second-order valence-corrected chi connectivity index (χ2v) is 4.82. The highest BCUT2D eigenvalue weighted by molar-refractivity contribution is 5.79. The monoisotopic (exact) mass is 242 g/mol. The molecule has 0 spiro atoms. The van der Waals surface area contributed by atoms with Crippen LogP contribution in [0.25, 0.3) is 0 Å². The molecule has 1 aliphatic rings. The first-order chi connectivity index (χ1) is 8.22. The molecule has 1 fully saturated rings. The quantitative estimate of drug-likeness (QED) is 0.707. The molecule has 0 aromatic rings. The average molecular weight is 242 g/mol. The molecule has 4 heteroatoms. The van der Waals surface area contributed by atoms with Crippen molar-refractivity contribution in [3.8, 4) is 0 Å². The maximum Gasteiger partial charge on any atom is 0.223 e. The van der Waals surface area contributed by atoms with E-state index in [0.717, 1.165) is 38.8 Å². The molecule has 1 unspecified atom stereocenters. The van der Waals surface area contributed by atoms with Crippen molar-refractivity contribution in [2.24, 2.45) is 5.92 Å². The van der Waals surface area contributed by atoms with Gasteiger partial charge in [0.05, 0.1) is 12.1 Å². The van der Waals surface area contributed by atoms with Gasteiger partial charge in [0.15, 0.2) is 0 Å². The lowest BCUT2D eigenvalue weighted by Gasteiger charge is -2.22. The summed E-state index contributed by atoms with van der Waals surface area (Å²) in [6.45, 7) is 5.90. The molecule has 0 aromatic carbocycles. The van der Waals surface area contributed by atoms with Gasteiger partial charge >= 0.3 is 0 Å². The first-order valence-corrected chi connectivity index (χ1v) is 6.76. The molecule has 0 saturated carbocycles. The highest BCUT2D eigenvalue weighted by Crippen LogP contribution is 2.15. The second kappa shape index (κ2) is 7.67. The van der Waals surface area contributed by atoms with Crippen LogP contribution in [0.15, 0.2) is 0 Å². The van der Waals surface area contributed by atoms with Crippen molar-refractivity contribution in [1.29, 1.82) is 0 Å². The SMILES string of the molecule is CCCC(CCC)C(=O)NC1CNC[C@@H]1OC. The van der Waals surface area contributed by atoms with Gasteiger partial charge in [-0.15, -0.1) is 0 Å². The van der Waals surface area contributed by atoms with Gasteiger partial charge in [-0.2, -0.15) is 0 Å². The summed E-state index contributed by atoms with van der Waals surface area (Å²) in [5.41, 5.74) is 0. The van der Waals surface area contributed by atoms with Crippen molar-refractivity contribution in [2.75, 3.05) is 20.2 Å². The van der Waals surface area contributed by atoms with Gasteiger partial charge in [0, 0.05) is 26.1 Å². The van der Waals surface area contributed by atoms with Crippen LogP contribution < -0.4 is 10.6 Å². The van der Waals surface area contributed by atoms with E-state index >= 15 is 0 Å². The molecule has 1 aliphatic heterocycles. The summed E-state index contributed by atoms with van der Waals surface area (Å²) in [5.74, 6) is 0.368. The van der Waals surface area contributed by atoms with E-state index in [2.05, 4.69) is 24.5 Å². The zero-order valence-electron chi connectivity index (χ0n) is 11.3. The minimum Gasteiger partial charge on any atom is -0.378 e. The number of hydrogen-bond donors (Lipinski definition) is 2. The van der Waals surface area contributed by atoms with Gasteiger partial charge in [-0.3, -0.25) is 4.79 Å². The number of rotatable bonds is 7. The molecule has 0 aromatic heterocycles. The third-order valence-electron chi connectivity index (χ3n) is 3.43. The fraction of sp³-hybridized carbons (Fsp3) is 0.923. The van der Waals surface area contributed by atoms with Crippen molar-refractivity contribution >= 4 is 5.91 Å². The molecule has 17 heavy (non-hydrogen) atoms. The molecule has 1 amide bonds. The lowest BCUT2D eigenvalue weighted by atomic mass is 9.97. The Bertz CT molecular complexity index is 227. The summed E-state index contributed by atoms with van der Waals surface area (Å²) in [6, 6.07) is 0.128. The van der Waals surface area contributed by atoms with Crippen molar-refractivity contribution in [2.45, 2.75) is 51.7 Å². The van der Waals surface area contributed by atoms with Crippen LogP contribution in [0.5, 0.6) is 0 Å². The van der Waals surface area contributed by atoms with Crippen molar-refractivity contribution < 1.29 is 9.53 Å². The van der Waals surface area contributed by atoms with Gasteiger partial charge in [0.1, 0.15) is 0 Å². The standard InChI is InChI=1S/C13H26N2O2/c1-4-6-10(7-5-2)13(16)15-11-8-14-9-12(11)17-3/h10-12,14H,4-9H2,1-3H3,(H,15,16)/t11?,12-/m0/s1. The normalized spacial score (nSPS) is 24.2. The van der Waals surface area contributed by atoms with Crippen molar-refractivity contribution in [3.63, 3.8) is 0 Å². The maximum atomic E-state index is 12.1. The summed E-state index contributed by atoms with van der Waals surface area (Å²) < 4.78 is 5.35. The van der Waals surface area contributed by atoms with Gasteiger partial charge in [-0.1, -0.05) is 26.7 Å². The Kier molecular flexibility index (Phi) is 6.52. The fourth-order valence-electron chi connectivity index (χ4n) is 2.45. The minimum atomic E-state index is 0.114. The Morgan fingerprint density at radius 1 is 1.35 bits per heavy atom. The molecule has 2 N–H and O–H groups in total. The first kappa shape index (κ1) is 14.5. The van der Waals surface area contributed by atoms with Crippen molar-refractivity contribution in [3.05, 3.63) is 0 Å². The smallest absolute Gasteiger partial charge is 0.223 e. The summed E-state index contributed by atoms with van der Waals surface area (Å²) in [6.07, 6.45) is 4.21. The summed E-state index contributed by atoms with van der Waals surface area (Å²) in [4.78, 5) is 12.1. The summed E-state index contributed by atoms with van der Waals surface area (Å²) in [5, 5.41) is 6.37. The van der Waals surface area contributed by atoms with Crippen LogP contribution in [-0.4, -0.2) is 38.3 Å². The van der Waals surface area contributed by atoms with Gasteiger partial charge in [-0.05, 0) is 12.8 Å². The highest BCUT2D eigenvalue weighted by atomic mass is 16.5. The van der Waals surface area contributed by atoms with Crippen LogP contribution in [0.2, 0.25) is 0 Å². The number of carbonyl (C=O) groups is 1. The van der Waals surface area contributed by atoms with E-state index in [9.17, 15) is 4.79 Å². The topological polar surface area (TPSA) is 50.4 Å². The molecule has 1 rings (SSSR count). The lowest BCUT2D eigenvalue weighted by molar-refractivity contribution is -0.126. The van der Waals surface area contributed by atoms with Crippen LogP contribution in [0.4, 0.5) is 0 Å². The van der Waals surface area contributed by atoms with Gasteiger partial charge in [0.2, 0.25) is 5.91 Å². The van der Waals surface area contributed by atoms with Gasteiger partial charge in [0.25, 0.3) is 0 Å². The number of nitrogens with one attached hydrogen (secondary N) is 2. The van der Waals surface area contributed by atoms with Crippen molar-refractivity contribution in [1.82, 2.24) is 10.6 Å². The summed E-state index contributed by atoms with van der Waals surface area (Å²) >= 11 is 0. The van der Waals surface area contributed by atoms with Crippen LogP contribution in [-0.2, 0) is 9.53 Å². The van der Waals surface area contributed by atoms with E-state index in [1.54, 1.807) is 7.11 Å². The number of methoxy groups -OCH3 is 1. The molecule has 2 atom stereocenters. The Morgan fingerprint density at radius 3 is 2.53 bits per heavy atom. The third-order valence-corrected chi connectivity index (χ3v) is 3.43. The number of carbonyl (C=O) groups excluding carboxylic acids is 1. The van der Waals surface area contributed by atoms with Crippen LogP contribution >= 0.6 is 0 Å². The predicted octanol–water partition coefficient (Wildman–Crippen LogP) is 1.31. The Hall–Kier alpha value is -0.610. The van der Waals surface area contributed by atoms with E-state index in [1.165, 1.54) is 0 Å². The Morgan fingerprint density at radius 2 is 2.00 bits per heavy atom. The van der Waals surface area contributed by atoms with Crippen LogP contribution in [0.3, 0.4) is 0 Å². The van der Waals surface area contributed by atoms with Gasteiger partial charge in [-0.25, -0.2) is 0 Å². The molecular formula is C13H26N2O2. The Balaban J connectivity index is 2.44. The zero-order chi connectivity index (χ0) is 12.7.